The van der Waals surface area contributed by atoms with E-state index in [1.165, 1.54) is 24.1 Å². The van der Waals surface area contributed by atoms with E-state index in [1.807, 2.05) is 0 Å². The normalized spacial score (nSPS) is 11.1. The molecule has 0 heterocycles. The van der Waals surface area contributed by atoms with Gasteiger partial charge in [0.05, 0.1) is 33.4 Å². The third kappa shape index (κ3) is 4.00. The van der Waals surface area contributed by atoms with Crippen molar-refractivity contribution in [3.8, 4) is 0 Å². The fraction of sp³-hybridized carbons (Fsp3) is 0.385. The van der Waals surface area contributed by atoms with Crippen LogP contribution in [0.15, 0.2) is 12.1 Å². The largest absolute Gasteiger partial charge is 0.478 e. The Morgan fingerprint density at radius 2 is 1.76 bits per heavy atom. The maximum Gasteiger partial charge on any atom is 0.335 e. The summed E-state index contributed by atoms with van der Waals surface area (Å²) in [6.07, 6.45) is 0. The van der Waals surface area contributed by atoms with E-state index in [0.717, 1.165) is 0 Å². The average molecular weight is 335 g/mol. The van der Waals surface area contributed by atoms with E-state index in [9.17, 15) is 14.7 Å². The number of aliphatic hydroxyl groups is 1. The summed E-state index contributed by atoms with van der Waals surface area (Å²) < 4.78 is 0. The van der Waals surface area contributed by atoms with Crippen LogP contribution in [0.4, 0.5) is 10.5 Å². The van der Waals surface area contributed by atoms with E-state index in [4.69, 9.17) is 28.3 Å². The lowest BCUT2D eigenvalue weighted by Crippen LogP contribution is -2.49. The molecule has 1 aromatic carbocycles. The van der Waals surface area contributed by atoms with E-state index in [-0.39, 0.29) is 27.9 Å². The second-order valence-electron chi connectivity index (χ2n) is 5.08. The predicted molar refractivity (Wildman–Crippen MR) is 81.4 cm³/mol. The SMILES string of the molecule is CN(C(=O)Nc1c(Cl)cc(C(=O)O)cc1Cl)C(C)(C)CO. The molecule has 0 fully saturated rings. The third-order valence-corrected chi connectivity index (χ3v) is 3.72. The highest BCUT2D eigenvalue weighted by Crippen LogP contribution is 2.32. The second-order valence-corrected chi connectivity index (χ2v) is 5.89. The van der Waals surface area contributed by atoms with Crippen molar-refractivity contribution in [2.45, 2.75) is 19.4 Å². The number of nitrogens with one attached hydrogen (secondary N) is 1. The van der Waals surface area contributed by atoms with Crippen molar-refractivity contribution in [2.24, 2.45) is 0 Å². The van der Waals surface area contributed by atoms with Gasteiger partial charge in [0, 0.05) is 7.05 Å². The lowest BCUT2D eigenvalue weighted by atomic mass is 10.1. The first-order valence-electron chi connectivity index (χ1n) is 5.98. The van der Waals surface area contributed by atoms with Crippen LogP contribution in [0.2, 0.25) is 10.0 Å². The Balaban J connectivity index is 3.04. The Kier molecular flexibility index (Phi) is 5.44. The summed E-state index contributed by atoms with van der Waals surface area (Å²) in [7, 11) is 1.51. The summed E-state index contributed by atoms with van der Waals surface area (Å²) in [4.78, 5) is 24.3. The molecular weight excluding hydrogens is 319 g/mol. The quantitative estimate of drug-likeness (QED) is 0.789. The lowest BCUT2D eigenvalue weighted by molar-refractivity contribution is 0.0697. The smallest absolute Gasteiger partial charge is 0.335 e. The molecule has 0 aromatic heterocycles. The first-order chi connectivity index (χ1) is 9.60. The highest BCUT2D eigenvalue weighted by Gasteiger charge is 2.27. The number of aromatic carboxylic acids is 1. The van der Waals surface area contributed by atoms with Gasteiger partial charge in [-0.05, 0) is 26.0 Å². The van der Waals surface area contributed by atoms with Gasteiger partial charge in [-0.1, -0.05) is 23.2 Å². The first kappa shape index (κ1) is 17.6. The molecular formula is C13H16Cl2N2O4. The van der Waals surface area contributed by atoms with Crippen LogP contribution < -0.4 is 5.32 Å². The Bertz CT molecular complexity index is 552. The Labute approximate surface area is 132 Å². The molecule has 0 aliphatic heterocycles. The number of nitrogens with zero attached hydrogens (tertiary/aromatic N) is 1. The summed E-state index contributed by atoms with van der Waals surface area (Å²) in [5.74, 6) is -1.17. The monoisotopic (exact) mass is 334 g/mol. The Morgan fingerprint density at radius 3 is 2.14 bits per heavy atom. The number of hydrogen-bond donors (Lipinski definition) is 3. The van der Waals surface area contributed by atoms with Crippen LogP contribution in [0, 0.1) is 0 Å². The zero-order valence-corrected chi connectivity index (χ0v) is 13.3. The molecule has 2 amide bonds. The molecule has 21 heavy (non-hydrogen) atoms. The second kappa shape index (κ2) is 6.51. The molecule has 0 atom stereocenters. The lowest BCUT2D eigenvalue weighted by Gasteiger charge is -2.34. The van der Waals surface area contributed by atoms with Gasteiger partial charge in [-0.3, -0.25) is 0 Å². The van der Waals surface area contributed by atoms with Gasteiger partial charge in [-0.25, -0.2) is 9.59 Å². The van der Waals surface area contributed by atoms with Crippen molar-refractivity contribution >= 4 is 40.9 Å². The molecule has 116 valence electrons. The number of carbonyl (C=O) groups excluding carboxylic acids is 1. The van der Waals surface area contributed by atoms with Crippen LogP contribution in [-0.2, 0) is 0 Å². The highest BCUT2D eigenvalue weighted by atomic mass is 35.5. The molecule has 1 aromatic rings. The molecule has 0 unspecified atom stereocenters. The summed E-state index contributed by atoms with van der Waals surface area (Å²) in [6, 6.07) is 1.87. The van der Waals surface area contributed by atoms with Crippen molar-refractivity contribution in [1.82, 2.24) is 4.90 Å². The summed E-state index contributed by atoms with van der Waals surface area (Å²) in [5.41, 5.74) is -0.731. The van der Waals surface area contributed by atoms with Crippen molar-refractivity contribution < 1.29 is 19.8 Å². The zero-order chi connectivity index (χ0) is 16.4. The van der Waals surface area contributed by atoms with Gasteiger partial charge in [-0.15, -0.1) is 0 Å². The first-order valence-corrected chi connectivity index (χ1v) is 6.73. The number of likely N-dealkylation sites (N-methyl/N-ethyl adjacent to an activating group) is 1. The number of anilines is 1. The maximum absolute atomic E-state index is 12.1. The number of urea groups is 1. The number of halogens is 2. The fourth-order valence-electron chi connectivity index (χ4n) is 1.39. The summed E-state index contributed by atoms with van der Waals surface area (Å²) in [6.45, 7) is 3.14. The standard InChI is InChI=1S/C13H16Cl2N2O4/c1-13(2,6-18)17(3)12(21)16-10-8(14)4-7(11(19)20)5-9(10)15/h4-5,18H,6H2,1-3H3,(H,16,21)(H,19,20). The minimum absolute atomic E-state index is 0.0171. The van der Waals surface area contributed by atoms with Gasteiger partial charge in [0.15, 0.2) is 0 Å². The third-order valence-electron chi connectivity index (χ3n) is 3.12. The van der Waals surface area contributed by atoms with Crippen molar-refractivity contribution in [2.75, 3.05) is 19.0 Å². The number of aliphatic hydroxyl groups excluding tert-OH is 1. The maximum atomic E-state index is 12.1. The van der Waals surface area contributed by atoms with Crippen LogP contribution in [0.1, 0.15) is 24.2 Å². The van der Waals surface area contributed by atoms with Crippen LogP contribution in [0.25, 0.3) is 0 Å². The summed E-state index contributed by atoms with van der Waals surface area (Å²) >= 11 is 11.9. The predicted octanol–water partition coefficient (Wildman–Crippen LogP) is 2.93. The van der Waals surface area contributed by atoms with Crippen molar-refractivity contribution in [3.63, 3.8) is 0 Å². The molecule has 6 nitrogen and oxygen atoms in total. The van der Waals surface area contributed by atoms with E-state index >= 15 is 0 Å². The minimum Gasteiger partial charge on any atom is -0.478 e. The summed E-state index contributed by atoms with van der Waals surface area (Å²) in [5, 5.41) is 20.7. The van der Waals surface area contributed by atoms with Crippen LogP contribution in [-0.4, -0.2) is 46.3 Å². The van der Waals surface area contributed by atoms with Gasteiger partial charge in [0.25, 0.3) is 0 Å². The molecule has 3 N–H and O–H groups in total. The van der Waals surface area contributed by atoms with Crippen LogP contribution in [0.3, 0.4) is 0 Å². The topological polar surface area (TPSA) is 89.9 Å². The molecule has 0 bridgehead atoms. The van der Waals surface area contributed by atoms with Gasteiger partial charge in [0.2, 0.25) is 0 Å². The Hall–Kier alpha value is -1.50. The molecule has 0 radical (unpaired) electrons. The van der Waals surface area contributed by atoms with Gasteiger partial charge >= 0.3 is 12.0 Å². The molecule has 0 saturated carbocycles. The van der Waals surface area contributed by atoms with Crippen LogP contribution >= 0.6 is 23.2 Å². The number of carbonyl (C=O) groups is 2. The number of hydrogen-bond acceptors (Lipinski definition) is 3. The molecule has 0 saturated heterocycles. The number of amides is 2. The van der Waals surface area contributed by atoms with Gasteiger partial charge in [0.1, 0.15) is 0 Å². The highest BCUT2D eigenvalue weighted by molar-refractivity contribution is 6.40. The van der Waals surface area contributed by atoms with Crippen molar-refractivity contribution in [1.29, 1.82) is 0 Å². The number of carboxylic acids is 1. The fourth-order valence-corrected chi connectivity index (χ4v) is 1.97. The van der Waals surface area contributed by atoms with Gasteiger partial charge < -0.3 is 20.4 Å². The van der Waals surface area contributed by atoms with E-state index < -0.39 is 17.5 Å². The van der Waals surface area contributed by atoms with E-state index in [2.05, 4.69) is 5.32 Å². The molecule has 1 rings (SSSR count). The zero-order valence-electron chi connectivity index (χ0n) is 11.8. The van der Waals surface area contributed by atoms with E-state index in [0.29, 0.717) is 0 Å². The van der Waals surface area contributed by atoms with Crippen LogP contribution in [0.5, 0.6) is 0 Å². The average Bonchev–Trinajstić information content (AvgIpc) is 2.41. The molecule has 0 aliphatic carbocycles. The van der Waals surface area contributed by atoms with Gasteiger partial charge in [-0.2, -0.15) is 0 Å². The molecule has 0 spiro atoms. The molecule has 8 heteroatoms. The van der Waals surface area contributed by atoms with Crippen molar-refractivity contribution in [3.05, 3.63) is 27.7 Å². The minimum atomic E-state index is -1.17. The Morgan fingerprint density at radius 1 is 1.29 bits per heavy atom. The number of carboxylic acid groups (broad SMARTS) is 1. The molecule has 0 aliphatic rings. The number of rotatable bonds is 4. The van der Waals surface area contributed by atoms with E-state index in [1.54, 1.807) is 13.8 Å². The number of benzene rings is 1.